The molecule has 0 atom stereocenters. The van der Waals surface area contributed by atoms with E-state index in [1.54, 1.807) is 15.8 Å². The lowest BCUT2D eigenvalue weighted by Crippen LogP contribution is -2.65. The molecule has 0 spiro atoms. The number of urea groups is 1. The number of rotatable bonds is 7. The molecule has 4 N–H and O–H groups in total. The Morgan fingerprint density at radius 1 is 1.15 bits per heavy atom. The van der Waals surface area contributed by atoms with Gasteiger partial charge in [-0.2, -0.15) is 10.4 Å². The van der Waals surface area contributed by atoms with Gasteiger partial charge < -0.3 is 21.3 Å². The Bertz CT molecular complexity index is 1210. The Kier molecular flexibility index (Phi) is 6.00. The summed E-state index contributed by atoms with van der Waals surface area (Å²) in [7, 11) is 0. The molecule has 168 valence electrons. The summed E-state index contributed by atoms with van der Waals surface area (Å²) in [5.41, 5.74) is 7.62. The average Bonchev–Trinajstić information content (AvgIpc) is 3.21. The van der Waals surface area contributed by atoms with Crippen molar-refractivity contribution in [2.45, 2.75) is 25.3 Å². The van der Waals surface area contributed by atoms with Gasteiger partial charge in [-0.25, -0.2) is 4.79 Å². The molecule has 33 heavy (non-hydrogen) atoms. The van der Waals surface area contributed by atoms with Crippen molar-refractivity contribution in [3.63, 3.8) is 0 Å². The maximum absolute atomic E-state index is 12.8. The number of nitrogens with one attached hydrogen (secondary N) is 2. The lowest BCUT2D eigenvalue weighted by atomic mass is 9.87. The number of carbonyl (C=O) groups excluding carboxylic acids is 2. The van der Waals surface area contributed by atoms with Gasteiger partial charge in [0.1, 0.15) is 11.1 Å². The number of aryl methyl sites for hydroxylation is 1. The predicted molar refractivity (Wildman–Crippen MR) is 125 cm³/mol. The third-order valence-electron chi connectivity index (χ3n) is 5.81. The van der Waals surface area contributed by atoms with Gasteiger partial charge in [0.25, 0.3) is 5.91 Å². The molecule has 2 aromatic carbocycles. The van der Waals surface area contributed by atoms with Crippen molar-refractivity contribution in [3.05, 3.63) is 71.9 Å². The maximum Gasteiger partial charge on any atom is 0.322 e. The number of hydrogen-bond acceptors (Lipinski definition) is 5. The molecule has 0 bridgehead atoms. The van der Waals surface area contributed by atoms with E-state index in [9.17, 15) is 14.9 Å². The summed E-state index contributed by atoms with van der Waals surface area (Å²) >= 11 is 0. The van der Waals surface area contributed by atoms with E-state index in [4.69, 9.17) is 5.73 Å². The second kappa shape index (κ2) is 9.04. The molecule has 3 amide bonds. The Labute approximate surface area is 191 Å². The molecule has 1 aliphatic rings. The molecular formula is C24H25N7O2. The second-order valence-electron chi connectivity index (χ2n) is 8.05. The van der Waals surface area contributed by atoms with Crippen LogP contribution in [0.25, 0.3) is 0 Å². The zero-order valence-corrected chi connectivity index (χ0v) is 18.3. The number of amides is 3. The number of nitrogens with two attached hydrogens (primary N) is 1. The number of aromatic nitrogens is 2. The maximum atomic E-state index is 12.8. The van der Waals surface area contributed by atoms with Crippen molar-refractivity contribution < 1.29 is 9.59 Å². The quantitative estimate of drug-likeness (QED) is 0.515. The highest BCUT2D eigenvalue weighted by molar-refractivity contribution is 5.98. The molecule has 0 saturated carbocycles. The van der Waals surface area contributed by atoms with Crippen LogP contribution in [0.4, 0.5) is 22.0 Å². The monoisotopic (exact) mass is 443 g/mol. The minimum absolute atomic E-state index is 0.132. The standard InChI is InChI=1S/C24H25N7O2/c1-2-17-8-6-7-11-20(17)28-23(33)30-15-24(16-30,12-13-25)31-14-19(21(26)32)22(29-31)27-18-9-4-3-5-10-18/h3-11,14H,2,12,15-16H2,1H3,(H2,26,32)(H,27,29)(H,28,33). The number of anilines is 3. The van der Waals surface area contributed by atoms with Gasteiger partial charge in [0.15, 0.2) is 5.82 Å². The van der Waals surface area contributed by atoms with Gasteiger partial charge in [0, 0.05) is 17.6 Å². The Morgan fingerprint density at radius 3 is 2.52 bits per heavy atom. The molecule has 1 aliphatic heterocycles. The van der Waals surface area contributed by atoms with Crippen molar-refractivity contribution in [1.29, 1.82) is 5.26 Å². The molecule has 0 unspecified atom stereocenters. The lowest BCUT2D eigenvalue weighted by molar-refractivity contribution is 0.0401. The van der Waals surface area contributed by atoms with Gasteiger partial charge in [0.2, 0.25) is 0 Å². The van der Waals surface area contributed by atoms with Gasteiger partial charge >= 0.3 is 6.03 Å². The fourth-order valence-corrected chi connectivity index (χ4v) is 3.99. The van der Waals surface area contributed by atoms with Crippen LogP contribution in [0, 0.1) is 11.3 Å². The first kappa shape index (κ1) is 21.9. The first-order chi connectivity index (χ1) is 16.0. The van der Waals surface area contributed by atoms with E-state index in [1.807, 2.05) is 61.5 Å². The summed E-state index contributed by atoms with van der Waals surface area (Å²) in [6, 6.07) is 18.9. The van der Waals surface area contributed by atoms with Gasteiger partial charge in [-0.15, -0.1) is 0 Å². The minimum Gasteiger partial charge on any atom is -0.365 e. The van der Waals surface area contributed by atoms with Gasteiger partial charge in [0.05, 0.1) is 25.6 Å². The highest BCUT2D eigenvalue weighted by atomic mass is 16.2. The second-order valence-corrected chi connectivity index (χ2v) is 8.05. The van der Waals surface area contributed by atoms with E-state index >= 15 is 0 Å². The van der Waals surface area contributed by atoms with Crippen LogP contribution in [0.1, 0.15) is 29.3 Å². The number of likely N-dealkylation sites (tertiary alicyclic amines) is 1. The molecule has 1 fully saturated rings. The summed E-state index contributed by atoms with van der Waals surface area (Å²) in [5, 5.41) is 20.1. The molecule has 1 saturated heterocycles. The third-order valence-corrected chi connectivity index (χ3v) is 5.81. The molecule has 9 nitrogen and oxygen atoms in total. The van der Waals surface area contributed by atoms with Gasteiger partial charge in [-0.1, -0.05) is 43.3 Å². The van der Waals surface area contributed by atoms with E-state index < -0.39 is 11.4 Å². The molecule has 9 heteroatoms. The smallest absolute Gasteiger partial charge is 0.322 e. The first-order valence-electron chi connectivity index (χ1n) is 10.7. The SMILES string of the molecule is CCc1ccccc1NC(=O)N1CC(CC#N)(n2cc(C(N)=O)c(Nc3ccccc3)n2)C1. The fraction of sp³-hybridized carbons (Fsp3) is 0.250. The van der Waals surface area contributed by atoms with E-state index in [0.29, 0.717) is 5.82 Å². The van der Waals surface area contributed by atoms with Gasteiger partial charge in [-0.3, -0.25) is 9.48 Å². The molecule has 0 aliphatic carbocycles. The number of nitriles is 1. The number of hydrogen-bond donors (Lipinski definition) is 3. The lowest BCUT2D eigenvalue weighted by Gasteiger charge is -2.48. The van der Waals surface area contributed by atoms with E-state index in [0.717, 1.165) is 23.4 Å². The molecule has 1 aromatic heterocycles. The van der Waals surface area contributed by atoms with Crippen molar-refractivity contribution in [1.82, 2.24) is 14.7 Å². The first-order valence-corrected chi connectivity index (χ1v) is 10.7. The highest BCUT2D eigenvalue weighted by Crippen LogP contribution is 2.34. The molecular weight excluding hydrogens is 418 g/mol. The van der Waals surface area contributed by atoms with Crippen LogP contribution >= 0.6 is 0 Å². The predicted octanol–water partition coefficient (Wildman–Crippen LogP) is 3.44. The van der Waals surface area contributed by atoms with Crippen molar-refractivity contribution >= 4 is 29.1 Å². The number of nitrogens with zero attached hydrogens (tertiary/aromatic N) is 4. The summed E-state index contributed by atoms with van der Waals surface area (Å²) in [6.07, 6.45) is 2.48. The largest absolute Gasteiger partial charge is 0.365 e. The van der Waals surface area contributed by atoms with Crippen molar-refractivity contribution in [3.8, 4) is 6.07 Å². The normalized spacial score (nSPS) is 14.1. The zero-order chi connectivity index (χ0) is 23.4. The molecule has 2 heterocycles. The Hall–Kier alpha value is -4.32. The van der Waals surface area contributed by atoms with E-state index in [2.05, 4.69) is 21.8 Å². The van der Waals surface area contributed by atoms with Gasteiger partial charge in [-0.05, 0) is 30.2 Å². The van der Waals surface area contributed by atoms with Crippen LogP contribution < -0.4 is 16.4 Å². The zero-order valence-electron chi connectivity index (χ0n) is 18.3. The average molecular weight is 444 g/mol. The number of para-hydroxylation sites is 2. The molecule has 3 aromatic rings. The van der Waals surface area contributed by atoms with Crippen LogP contribution in [-0.4, -0.2) is 39.7 Å². The third kappa shape index (κ3) is 4.36. The summed E-state index contributed by atoms with van der Waals surface area (Å²) in [5.74, 6) is -0.317. The Morgan fingerprint density at radius 2 is 1.85 bits per heavy atom. The van der Waals surface area contributed by atoms with Crippen LogP contribution in [-0.2, 0) is 12.0 Å². The van der Waals surface area contributed by atoms with Crippen molar-refractivity contribution in [2.75, 3.05) is 23.7 Å². The van der Waals surface area contributed by atoms with Crippen molar-refractivity contribution in [2.24, 2.45) is 5.73 Å². The van der Waals surface area contributed by atoms with Crippen LogP contribution in [0.3, 0.4) is 0 Å². The number of primary amides is 1. The van der Waals surface area contributed by atoms with E-state index in [1.165, 1.54) is 0 Å². The number of benzene rings is 2. The minimum atomic E-state index is -0.739. The van der Waals surface area contributed by atoms with Crippen LogP contribution in [0.15, 0.2) is 60.8 Å². The van der Waals surface area contributed by atoms with Crippen LogP contribution in [0.5, 0.6) is 0 Å². The molecule has 0 radical (unpaired) electrons. The highest BCUT2D eigenvalue weighted by Gasteiger charge is 2.48. The fourth-order valence-electron chi connectivity index (χ4n) is 3.99. The summed E-state index contributed by atoms with van der Waals surface area (Å²) in [4.78, 5) is 26.5. The summed E-state index contributed by atoms with van der Waals surface area (Å²) < 4.78 is 1.59. The van der Waals surface area contributed by atoms with E-state index in [-0.39, 0.29) is 31.1 Å². The number of carbonyl (C=O) groups is 2. The summed E-state index contributed by atoms with van der Waals surface area (Å²) in [6.45, 7) is 2.60. The topological polar surface area (TPSA) is 129 Å². The Balaban J connectivity index is 1.54. The van der Waals surface area contributed by atoms with Crippen LogP contribution in [0.2, 0.25) is 0 Å². The molecule has 4 rings (SSSR count).